The Bertz CT molecular complexity index is 485. The summed E-state index contributed by atoms with van der Waals surface area (Å²) in [7, 11) is 0. The van der Waals surface area contributed by atoms with Gasteiger partial charge in [0.25, 0.3) is 0 Å². The van der Waals surface area contributed by atoms with Crippen LogP contribution in [0.4, 0.5) is 17.6 Å². The summed E-state index contributed by atoms with van der Waals surface area (Å²) in [5.74, 6) is -0.317. The summed E-state index contributed by atoms with van der Waals surface area (Å²) < 4.78 is 54.1. The average Bonchev–Trinajstić information content (AvgIpc) is 2.54. The molecule has 1 aliphatic rings. The van der Waals surface area contributed by atoms with E-state index in [1.807, 2.05) is 0 Å². The molecule has 4 nitrogen and oxygen atoms in total. The van der Waals surface area contributed by atoms with E-state index in [4.69, 9.17) is 0 Å². The number of hydrogen-bond donors (Lipinski definition) is 2. The molecule has 0 unspecified atom stereocenters. The zero-order valence-electron chi connectivity index (χ0n) is 12.9. The van der Waals surface area contributed by atoms with Gasteiger partial charge in [-0.25, -0.2) is 0 Å². The first-order chi connectivity index (χ1) is 10.9. The lowest BCUT2D eigenvalue weighted by Gasteiger charge is -2.35. The van der Waals surface area contributed by atoms with Gasteiger partial charge in [0, 0.05) is 38.8 Å². The molecule has 0 amide bonds. The van der Waals surface area contributed by atoms with Gasteiger partial charge in [-0.05, 0) is 24.1 Å². The van der Waals surface area contributed by atoms with Gasteiger partial charge in [0.15, 0.2) is 0 Å². The van der Waals surface area contributed by atoms with Crippen LogP contribution >= 0.6 is 12.4 Å². The number of alkyl halides is 4. The van der Waals surface area contributed by atoms with Crippen molar-refractivity contribution in [3.05, 3.63) is 29.8 Å². The Kier molecular flexibility index (Phi) is 8.21. The van der Waals surface area contributed by atoms with Gasteiger partial charge in [0.05, 0.1) is 0 Å². The molecule has 1 fully saturated rings. The number of piperazine rings is 1. The highest BCUT2D eigenvalue weighted by atomic mass is 35.5. The third-order valence-electron chi connectivity index (χ3n) is 3.77. The van der Waals surface area contributed by atoms with Crippen LogP contribution in [0.3, 0.4) is 0 Å². The summed E-state index contributed by atoms with van der Waals surface area (Å²) in [6, 6.07) is 5.58. The van der Waals surface area contributed by atoms with E-state index in [1.54, 1.807) is 12.1 Å². The molecule has 0 spiro atoms. The Labute approximate surface area is 144 Å². The molecule has 0 radical (unpaired) electrons. The quantitative estimate of drug-likeness (QED) is 0.722. The van der Waals surface area contributed by atoms with Gasteiger partial charge in [0.1, 0.15) is 5.75 Å². The number of aliphatic hydroxyl groups is 1. The molecule has 1 saturated heterocycles. The number of halogens is 5. The van der Waals surface area contributed by atoms with Crippen molar-refractivity contribution in [3.8, 4) is 5.75 Å². The van der Waals surface area contributed by atoms with E-state index in [0.29, 0.717) is 6.42 Å². The van der Waals surface area contributed by atoms with Crippen LogP contribution in [0.25, 0.3) is 0 Å². The first-order valence-corrected chi connectivity index (χ1v) is 7.44. The second-order valence-electron chi connectivity index (χ2n) is 5.35. The maximum Gasteiger partial charge on any atom is 0.461 e. The van der Waals surface area contributed by atoms with E-state index >= 15 is 0 Å². The number of benzene rings is 1. The van der Waals surface area contributed by atoms with Crippen molar-refractivity contribution in [3.63, 3.8) is 0 Å². The molecule has 9 heteroatoms. The van der Waals surface area contributed by atoms with Gasteiger partial charge < -0.3 is 15.2 Å². The van der Waals surface area contributed by atoms with Crippen LogP contribution in [0.2, 0.25) is 0 Å². The first kappa shape index (κ1) is 21.0. The van der Waals surface area contributed by atoms with E-state index in [0.717, 1.165) is 31.7 Å². The summed E-state index contributed by atoms with van der Waals surface area (Å²) in [6.07, 6.45) is -7.89. The monoisotopic (exact) mass is 372 g/mol. The fourth-order valence-electron chi connectivity index (χ4n) is 2.64. The molecule has 1 aromatic carbocycles. The summed E-state index contributed by atoms with van der Waals surface area (Å²) in [5, 5.41) is 12.5. The molecular formula is C15H21ClF4N2O2. The van der Waals surface area contributed by atoms with E-state index in [1.165, 1.54) is 12.1 Å². The smallest absolute Gasteiger partial charge is 0.428 e. The molecule has 138 valence electrons. The Hall–Kier alpha value is -1.09. The van der Waals surface area contributed by atoms with Gasteiger partial charge in [-0.3, -0.25) is 4.90 Å². The van der Waals surface area contributed by atoms with Gasteiger partial charge in [-0.15, -0.1) is 12.4 Å². The third-order valence-corrected chi connectivity index (χ3v) is 3.77. The SMILES string of the molecule is Cl.OCC[C@H](c1ccc(OC(F)(F)C(F)F)cc1)N1CCNCC1. The largest absolute Gasteiger partial charge is 0.461 e. The van der Waals surface area contributed by atoms with Crippen molar-refractivity contribution in [2.24, 2.45) is 0 Å². The molecule has 2 rings (SSSR count). The van der Waals surface area contributed by atoms with Crippen LogP contribution in [0.15, 0.2) is 24.3 Å². The number of ether oxygens (including phenoxy) is 1. The molecule has 0 saturated carbocycles. The van der Waals surface area contributed by atoms with Crippen LogP contribution in [-0.4, -0.2) is 55.3 Å². The van der Waals surface area contributed by atoms with Crippen molar-refractivity contribution in [1.82, 2.24) is 10.2 Å². The normalized spacial score (nSPS) is 17.4. The second-order valence-corrected chi connectivity index (χ2v) is 5.35. The Morgan fingerprint density at radius 1 is 1.17 bits per heavy atom. The molecule has 0 bridgehead atoms. The second kappa shape index (κ2) is 9.41. The predicted octanol–water partition coefficient (Wildman–Crippen LogP) is 2.67. The zero-order valence-corrected chi connectivity index (χ0v) is 13.7. The minimum atomic E-state index is -4.51. The fourth-order valence-corrected chi connectivity index (χ4v) is 2.64. The Morgan fingerprint density at radius 2 is 1.75 bits per heavy atom. The minimum absolute atomic E-state index is 0. The summed E-state index contributed by atoms with van der Waals surface area (Å²) >= 11 is 0. The molecule has 24 heavy (non-hydrogen) atoms. The van der Waals surface area contributed by atoms with Gasteiger partial charge in [-0.2, -0.15) is 17.6 Å². The van der Waals surface area contributed by atoms with Crippen molar-refractivity contribution in [2.45, 2.75) is 25.0 Å². The molecule has 0 aliphatic carbocycles. The van der Waals surface area contributed by atoms with Crippen LogP contribution in [-0.2, 0) is 0 Å². The number of aliphatic hydroxyl groups excluding tert-OH is 1. The topological polar surface area (TPSA) is 44.7 Å². The number of nitrogens with one attached hydrogen (secondary N) is 1. The van der Waals surface area contributed by atoms with Crippen molar-refractivity contribution < 1.29 is 27.4 Å². The fraction of sp³-hybridized carbons (Fsp3) is 0.600. The van der Waals surface area contributed by atoms with Crippen LogP contribution < -0.4 is 10.1 Å². The van der Waals surface area contributed by atoms with Gasteiger partial charge in [0.2, 0.25) is 0 Å². The lowest BCUT2D eigenvalue weighted by Crippen LogP contribution is -2.45. The standard InChI is InChI=1S/C15H20F4N2O2.ClH/c16-14(17)15(18,19)23-12-3-1-11(2-4-12)13(5-10-22)21-8-6-20-7-9-21;/h1-4,13-14,20,22H,5-10H2;1H/t13-;/m1./s1. The van der Waals surface area contributed by atoms with Crippen molar-refractivity contribution in [1.29, 1.82) is 0 Å². The van der Waals surface area contributed by atoms with E-state index in [2.05, 4.69) is 15.0 Å². The lowest BCUT2D eigenvalue weighted by molar-refractivity contribution is -0.253. The molecule has 2 N–H and O–H groups in total. The number of rotatable bonds is 7. The molecule has 1 atom stereocenters. The summed E-state index contributed by atoms with van der Waals surface area (Å²) in [5.41, 5.74) is 0.827. The number of nitrogens with zero attached hydrogens (tertiary/aromatic N) is 1. The van der Waals surface area contributed by atoms with Crippen LogP contribution in [0.5, 0.6) is 5.75 Å². The van der Waals surface area contributed by atoms with Crippen LogP contribution in [0.1, 0.15) is 18.0 Å². The van der Waals surface area contributed by atoms with Gasteiger partial charge in [-0.1, -0.05) is 12.1 Å². The Morgan fingerprint density at radius 3 is 2.25 bits per heavy atom. The lowest BCUT2D eigenvalue weighted by atomic mass is 10.0. The molecule has 1 aromatic rings. The van der Waals surface area contributed by atoms with Gasteiger partial charge >= 0.3 is 12.5 Å². The van der Waals surface area contributed by atoms with Crippen LogP contribution in [0, 0.1) is 0 Å². The van der Waals surface area contributed by atoms with E-state index in [9.17, 15) is 22.7 Å². The van der Waals surface area contributed by atoms with E-state index in [-0.39, 0.29) is 30.8 Å². The Balaban J connectivity index is 0.00000288. The highest BCUT2D eigenvalue weighted by molar-refractivity contribution is 5.85. The highest BCUT2D eigenvalue weighted by Crippen LogP contribution is 2.30. The van der Waals surface area contributed by atoms with E-state index < -0.39 is 12.5 Å². The molecule has 0 aromatic heterocycles. The first-order valence-electron chi connectivity index (χ1n) is 7.44. The minimum Gasteiger partial charge on any atom is -0.428 e. The average molecular weight is 373 g/mol. The molecule has 1 aliphatic heterocycles. The maximum atomic E-state index is 12.9. The number of hydrogen-bond acceptors (Lipinski definition) is 4. The summed E-state index contributed by atoms with van der Waals surface area (Å²) in [6.45, 7) is 3.29. The molecule has 1 heterocycles. The zero-order chi connectivity index (χ0) is 16.9. The maximum absolute atomic E-state index is 12.9. The predicted molar refractivity (Wildman–Crippen MR) is 84.2 cm³/mol. The highest BCUT2D eigenvalue weighted by Gasteiger charge is 2.43. The summed E-state index contributed by atoms with van der Waals surface area (Å²) in [4.78, 5) is 2.19. The third kappa shape index (κ3) is 5.47. The van der Waals surface area contributed by atoms with Crippen molar-refractivity contribution in [2.75, 3.05) is 32.8 Å². The van der Waals surface area contributed by atoms with Crippen molar-refractivity contribution >= 4 is 12.4 Å². The molecular weight excluding hydrogens is 352 g/mol.